The number of ether oxygens (including phenoxy) is 3. The van der Waals surface area contributed by atoms with Gasteiger partial charge in [-0.15, -0.1) is 0 Å². The van der Waals surface area contributed by atoms with E-state index >= 15 is 0 Å². The second-order valence-electron chi connectivity index (χ2n) is 16.6. The Morgan fingerprint density at radius 2 is 1.53 bits per heavy atom. The van der Waals surface area contributed by atoms with Gasteiger partial charge in [0, 0.05) is 30.6 Å². The van der Waals surface area contributed by atoms with E-state index in [4.69, 9.17) is 20.2 Å². The zero-order valence-corrected chi connectivity index (χ0v) is 34.4. The molecule has 0 radical (unpaired) electrons. The van der Waals surface area contributed by atoms with Gasteiger partial charge in [0.1, 0.15) is 17.6 Å². The fraction of sp³-hybridized carbons (Fsp3) is 0.625. The fourth-order valence-electron chi connectivity index (χ4n) is 6.50. The number of esters is 3. The van der Waals surface area contributed by atoms with E-state index in [9.17, 15) is 14.4 Å². The van der Waals surface area contributed by atoms with Crippen LogP contribution >= 0.6 is 0 Å². The van der Waals surface area contributed by atoms with Crippen molar-refractivity contribution in [1.29, 1.82) is 0 Å². The summed E-state index contributed by atoms with van der Waals surface area (Å²) in [5, 5.41) is 6.85. The Morgan fingerprint density at radius 3 is 2.00 bits per heavy atom. The number of H-pyrrole nitrogens is 1. The number of nitrogens with zero attached hydrogens (tertiary/aromatic N) is 4. The van der Waals surface area contributed by atoms with Crippen LogP contribution in [-0.4, -0.2) is 58.5 Å². The summed E-state index contributed by atoms with van der Waals surface area (Å²) in [6.07, 6.45) is 5.09. The van der Waals surface area contributed by atoms with Gasteiger partial charge in [-0.3, -0.25) is 24.2 Å². The molecule has 1 fully saturated rings. The van der Waals surface area contributed by atoms with Crippen LogP contribution in [0.5, 0.6) is 0 Å². The van der Waals surface area contributed by atoms with Gasteiger partial charge >= 0.3 is 25.5 Å². The van der Waals surface area contributed by atoms with Crippen molar-refractivity contribution in [1.82, 2.24) is 14.6 Å². The quantitative estimate of drug-likeness (QED) is 0.0980. The third-order valence-electron chi connectivity index (χ3n) is 9.39. The molecular formula is C40H57CoN5O7-2. The Kier molecular flexibility index (Phi) is 16.6. The van der Waals surface area contributed by atoms with E-state index in [0.717, 1.165) is 18.4 Å². The van der Waals surface area contributed by atoms with Crippen LogP contribution in [-0.2, 0) is 48.7 Å². The van der Waals surface area contributed by atoms with Crippen molar-refractivity contribution < 1.29 is 48.1 Å². The van der Waals surface area contributed by atoms with Crippen molar-refractivity contribution in [3.05, 3.63) is 58.3 Å². The maximum absolute atomic E-state index is 13.8. The number of aromatic amines is 1. The molecule has 0 spiro atoms. The Bertz CT molecular complexity index is 1680. The fourth-order valence-corrected chi connectivity index (χ4v) is 6.50. The van der Waals surface area contributed by atoms with Crippen LogP contribution in [0, 0.1) is 41.4 Å². The molecule has 0 amide bonds. The number of carbonyl (C=O) groups is 3. The molecule has 1 saturated carbocycles. The molecule has 2 atom stereocenters. The van der Waals surface area contributed by atoms with Crippen molar-refractivity contribution >= 4 is 29.2 Å². The van der Waals surface area contributed by atoms with Gasteiger partial charge < -0.3 is 29.1 Å². The summed E-state index contributed by atoms with van der Waals surface area (Å²) in [7, 11) is 0. The van der Waals surface area contributed by atoms with Gasteiger partial charge in [0.2, 0.25) is 0 Å². The molecule has 1 aliphatic carbocycles. The molecule has 4 rings (SSSR count). The van der Waals surface area contributed by atoms with Crippen LogP contribution < -0.4 is 0 Å². The van der Waals surface area contributed by atoms with E-state index in [1.807, 2.05) is 12.1 Å². The molecule has 1 aliphatic rings. The second kappa shape index (κ2) is 19.5. The van der Waals surface area contributed by atoms with Crippen molar-refractivity contribution in [3.8, 4) is 11.4 Å². The van der Waals surface area contributed by atoms with E-state index < -0.39 is 11.9 Å². The van der Waals surface area contributed by atoms with Crippen LogP contribution in [0.2, 0.25) is 0 Å². The number of aromatic nitrogens is 3. The molecule has 2 heterocycles. The normalized spacial score (nSPS) is 18.8. The third-order valence-corrected chi connectivity index (χ3v) is 9.39. The summed E-state index contributed by atoms with van der Waals surface area (Å²) in [5.41, 5.74) is 2.84. The Hall–Kier alpha value is -3.86. The average molecular weight is 779 g/mol. The van der Waals surface area contributed by atoms with Crippen LogP contribution in [0.3, 0.4) is 0 Å². The molecule has 13 heteroatoms. The minimum absolute atomic E-state index is 0.0211. The van der Waals surface area contributed by atoms with Crippen molar-refractivity contribution in [2.75, 3.05) is 19.9 Å². The van der Waals surface area contributed by atoms with Crippen LogP contribution in [0.1, 0.15) is 118 Å². The van der Waals surface area contributed by atoms with Gasteiger partial charge in [-0.25, -0.2) is 0 Å². The molecule has 0 saturated heterocycles. The third kappa shape index (κ3) is 12.6. The van der Waals surface area contributed by atoms with Gasteiger partial charge in [-0.2, -0.15) is 0 Å². The first-order valence-corrected chi connectivity index (χ1v) is 18.4. The van der Waals surface area contributed by atoms with Crippen molar-refractivity contribution in [2.24, 2.45) is 28.6 Å². The van der Waals surface area contributed by atoms with E-state index in [0.29, 0.717) is 30.4 Å². The summed E-state index contributed by atoms with van der Waals surface area (Å²) < 4.78 is 25.1. The number of hydrogen-bond donors (Lipinski definition) is 1. The standard InChI is InChI=1S/C32H43N4O2.C8H14NO4.Co.O/c1-19-16-22(31(5,6)7)26(23(17-19)32(8,9)10)38-29(37)25-24(33-11)18-36-28(25)34-27(35-36)20-12-14-21(15-13-20)30(2,3)4;1-3-7(10)13-6-9-5-8(11)12-4-2;;/h12-15,19,22-23,26H,16-17H2,1-10H3,(H,34,35);3-6H2,1-2H3;;/q2*-1;;. The van der Waals surface area contributed by atoms with Crippen molar-refractivity contribution in [2.45, 2.75) is 114 Å². The first-order valence-electron chi connectivity index (χ1n) is 18.0. The minimum atomic E-state index is -0.487. The molecule has 0 bridgehead atoms. The number of carbonyl (C=O) groups excluding carboxylic acids is 3. The van der Waals surface area contributed by atoms with E-state index in [1.165, 1.54) is 5.56 Å². The summed E-state index contributed by atoms with van der Waals surface area (Å²) >= 11 is 2.31. The monoisotopic (exact) mass is 778 g/mol. The second-order valence-corrected chi connectivity index (χ2v) is 16.6. The Morgan fingerprint density at radius 1 is 0.962 bits per heavy atom. The van der Waals surface area contributed by atoms with Gasteiger partial charge in [0.15, 0.2) is 0 Å². The number of fused-ring (bicyclic) bond motifs is 1. The van der Waals surface area contributed by atoms with Crippen LogP contribution in [0.25, 0.3) is 27.2 Å². The van der Waals surface area contributed by atoms with Gasteiger partial charge in [0.25, 0.3) is 11.9 Å². The molecule has 53 heavy (non-hydrogen) atoms. The molecule has 12 nitrogen and oxygen atoms in total. The summed E-state index contributed by atoms with van der Waals surface area (Å²) in [6.45, 7) is 33.5. The molecule has 2 unspecified atom stereocenters. The predicted molar refractivity (Wildman–Crippen MR) is 199 cm³/mol. The average Bonchev–Trinajstić information content (AvgIpc) is 3.65. The molecule has 3 aromatic rings. The first kappa shape index (κ1) is 45.3. The first-order chi connectivity index (χ1) is 24.7. The van der Waals surface area contributed by atoms with Gasteiger partial charge in [-0.05, 0) is 65.2 Å². The SMILES string of the molecule is CCOC(=O)C[N-]COC(=O)CC.[C-]#[N+]c1[c-]n2[nH]c(-c3ccc(C(C)(C)C)cc3)nc2c1C(=O)OC1C(C(C)(C)C)CC(C)CC1C(C)(C)C.[O]=[Co]. The molecule has 1 N–H and O–H groups in total. The number of hydrogen-bond acceptors (Lipinski definition) is 8. The Labute approximate surface area is 323 Å². The summed E-state index contributed by atoms with van der Waals surface area (Å²) in [5.74, 6) is 0.392. The molecular weight excluding hydrogens is 721 g/mol. The zero-order valence-electron chi connectivity index (χ0n) is 33.3. The number of benzene rings is 1. The number of rotatable bonds is 9. The Balaban J connectivity index is 0.000000550. The van der Waals surface area contributed by atoms with Gasteiger partial charge in [0.05, 0.1) is 13.2 Å². The summed E-state index contributed by atoms with van der Waals surface area (Å²) in [6, 6.07) is 8.25. The van der Waals surface area contributed by atoms with E-state index in [1.54, 1.807) is 18.4 Å². The topological polar surface area (TPSA) is 148 Å². The predicted octanol–water partition coefficient (Wildman–Crippen LogP) is 8.97. The van der Waals surface area contributed by atoms with Crippen molar-refractivity contribution in [3.63, 3.8) is 0 Å². The zero-order chi connectivity index (χ0) is 40.3. The molecule has 1 aromatic carbocycles. The molecule has 295 valence electrons. The maximum atomic E-state index is 13.8. The van der Waals surface area contributed by atoms with Crippen LogP contribution in [0.15, 0.2) is 24.3 Å². The number of nitrogens with one attached hydrogen (secondary N) is 1. The van der Waals surface area contributed by atoms with Gasteiger partial charge in [-0.1, -0.05) is 107 Å². The van der Waals surface area contributed by atoms with E-state index in [-0.39, 0.29) is 64.7 Å². The summed E-state index contributed by atoms with van der Waals surface area (Å²) in [4.78, 5) is 43.5. The van der Waals surface area contributed by atoms with Crippen LogP contribution in [0.4, 0.5) is 5.69 Å². The van der Waals surface area contributed by atoms with E-state index in [2.05, 4.69) is 128 Å². The molecule has 0 aliphatic heterocycles. The molecule has 2 aromatic heterocycles.